The summed E-state index contributed by atoms with van der Waals surface area (Å²) in [7, 11) is 0. The first-order chi connectivity index (χ1) is 9.22. The van der Waals surface area contributed by atoms with E-state index in [1.54, 1.807) is 0 Å². The van der Waals surface area contributed by atoms with Crippen LogP contribution >= 0.6 is 0 Å². The molecule has 1 aromatic rings. The van der Waals surface area contributed by atoms with E-state index in [9.17, 15) is 4.79 Å². The molecule has 0 bridgehead atoms. The molecule has 2 heteroatoms. The van der Waals surface area contributed by atoms with Crippen LogP contribution in [0.25, 0.3) is 0 Å². The smallest absolute Gasteiger partial charge is 0.254 e. The summed E-state index contributed by atoms with van der Waals surface area (Å²) in [5, 5.41) is 0. The average Bonchev–Trinajstić information content (AvgIpc) is 2.46. The molecule has 1 amide bonds. The monoisotopic (exact) mass is 259 g/mol. The lowest BCUT2D eigenvalue weighted by molar-refractivity contribution is 0.0634. The highest BCUT2D eigenvalue weighted by Gasteiger charge is 2.25. The molecular weight excluding hydrogens is 234 g/mol. The number of carbonyl (C=O) groups is 1. The van der Waals surface area contributed by atoms with Crippen molar-refractivity contribution in [1.82, 2.24) is 4.90 Å². The molecule has 1 aliphatic rings. The Balaban J connectivity index is 2.13. The van der Waals surface area contributed by atoms with Gasteiger partial charge in [-0.1, -0.05) is 43.9 Å². The van der Waals surface area contributed by atoms with E-state index in [4.69, 9.17) is 0 Å². The Morgan fingerprint density at radius 2 is 1.79 bits per heavy atom. The number of aryl methyl sites for hydroxylation is 1. The first-order valence-electron chi connectivity index (χ1n) is 7.60. The maximum Gasteiger partial charge on any atom is 0.254 e. The Hall–Kier alpha value is -1.31. The molecule has 0 heterocycles. The number of carbonyl (C=O) groups excluding carboxylic acids is 1. The standard InChI is InChI=1S/C17H25NO/c1-3-13-18(16-7-5-4-6-8-16)17(19)15-11-9-14(2)10-12-15/h9-12,16H,3-8,13H2,1-2H3. The van der Waals surface area contributed by atoms with Crippen LogP contribution in [0.1, 0.15) is 61.4 Å². The molecule has 1 saturated carbocycles. The number of benzene rings is 1. The Morgan fingerprint density at radius 3 is 2.37 bits per heavy atom. The van der Waals surface area contributed by atoms with Crippen molar-refractivity contribution >= 4 is 5.91 Å². The average molecular weight is 259 g/mol. The zero-order chi connectivity index (χ0) is 13.7. The van der Waals surface area contributed by atoms with Crippen LogP contribution < -0.4 is 0 Å². The van der Waals surface area contributed by atoms with Crippen LogP contribution in [0.5, 0.6) is 0 Å². The minimum Gasteiger partial charge on any atom is -0.336 e. The molecule has 1 aliphatic carbocycles. The predicted octanol–water partition coefficient (Wildman–Crippen LogP) is 4.18. The van der Waals surface area contributed by atoms with Gasteiger partial charge in [-0.15, -0.1) is 0 Å². The van der Waals surface area contributed by atoms with E-state index in [-0.39, 0.29) is 5.91 Å². The molecule has 0 spiro atoms. The van der Waals surface area contributed by atoms with Gasteiger partial charge < -0.3 is 4.90 Å². The molecule has 19 heavy (non-hydrogen) atoms. The van der Waals surface area contributed by atoms with Crippen LogP contribution in [-0.4, -0.2) is 23.4 Å². The molecule has 0 saturated heterocycles. The van der Waals surface area contributed by atoms with Gasteiger partial charge in [0.15, 0.2) is 0 Å². The number of amides is 1. The fourth-order valence-electron chi connectivity index (χ4n) is 2.95. The maximum atomic E-state index is 12.7. The highest BCUT2D eigenvalue weighted by Crippen LogP contribution is 2.24. The van der Waals surface area contributed by atoms with Crippen LogP contribution in [0.2, 0.25) is 0 Å². The Labute approximate surface area is 116 Å². The van der Waals surface area contributed by atoms with Gasteiger partial charge in [0.05, 0.1) is 0 Å². The minimum absolute atomic E-state index is 0.216. The van der Waals surface area contributed by atoms with Crippen LogP contribution in [0.4, 0.5) is 0 Å². The summed E-state index contributed by atoms with van der Waals surface area (Å²) in [6, 6.07) is 8.44. The third kappa shape index (κ3) is 3.59. The Morgan fingerprint density at radius 1 is 1.16 bits per heavy atom. The molecule has 0 atom stereocenters. The molecule has 104 valence electrons. The summed E-state index contributed by atoms with van der Waals surface area (Å²) in [6.45, 7) is 5.09. The second-order valence-electron chi connectivity index (χ2n) is 5.66. The first kappa shape index (κ1) is 14.1. The van der Waals surface area contributed by atoms with Gasteiger partial charge >= 0.3 is 0 Å². The largest absolute Gasteiger partial charge is 0.336 e. The number of hydrogen-bond acceptors (Lipinski definition) is 1. The predicted molar refractivity (Wildman–Crippen MR) is 79.4 cm³/mol. The number of nitrogens with zero attached hydrogens (tertiary/aromatic N) is 1. The zero-order valence-corrected chi connectivity index (χ0v) is 12.2. The molecule has 2 rings (SSSR count). The lowest BCUT2D eigenvalue weighted by Gasteiger charge is -2.34. The van der Waals surface area contributed by atoms with Crippen molar-refractivity contribution in [2.75, 3.05) is 6.54 Å². The van der Waals surface area contributed by atoms with E-state index in [1.165, 1.54) is 37.7 Å². The first-order valence-corrected chi connectivity index (χ1v) is 7.60. The summed E-state index contributed by atoms with van der Waals surface area (Å²) in [6.07, 6.45) is 7.26. The van der Waals surface area contributed by atoms with Crippen molar-refractivity contribution in [3.05, 3.63) is 35.4 Å². The van der Waals surface area contributed by atoms with Gasteiger partial charge in [-0.3, -0.25) is 4.79 Å². The van der Waals surface area contributed by atoms with Crippen LogP contribution in [0, 0.1) is 6.92 Å². The van der Waals surface area contributed by atoms with Crippen molar-refractivity contribution in [2.45, 2.75) is 58.4 Å². The highest BCUT2D eigenvalue weighted by molar-refractivity contribution is 5.94. The maximum absolute atomic E-state index is 12.7. The summed E-state index contributed by atoms with van der Waals surface area (Å²) in [4.78, 5) is 14.8. The van der Waals surface area contributed by atoms with Gasteiger partial charge in [-0.05, 0) is 38.3 Å². The van der Waals surface area contributed by atoms with Crippen molar-refractivity contribution in [2.24, 2.45) is 0 Å². The topological polar surface area (TPSA) is 20.3 Å². The molecule has 0 unspecified atom stereocenters. The molecule has 0 radical (unpaired) electrons. The van der Waals surface area contributed by atoms with Gasteiger partial charge in [0.25, 0.3) is 5.91 Å². The number of hydrogen-bond donors (Lipinski definition) is 0. The van der Waals surface area contributed by atoms with Crippen molar-refractivity contribution in [1.29, 1.82) is 0 Å². The van der Waals surface area contributed by atoms with Gasteiger partial charge in [0.2, 0.25) is 0 Å². The number of rotatable bonds is 4. The highest BCUT2D eigenvalue weighted by atomic mass is 16.2. The van der Waals surface area contributed by atoms with E-state index < -0.39 is 0 Å². The molecular formula is C17H25NO. The summed E-state index contributed by atoms with van der Waals surface area (Å²) < 4.78 is 0. The lowest BCUT2D eigenvalue weighted by atomic mass is 9.93. The Kier molecular flexibility index (Phi) is 5.00. The second-order valence-corrected chi connectivity index (χ2v) is 5.66. The SMILES string of the molecule is CCCN(C(=O)c1ccc(C)cc1)C1CCCCC1. The summed E-state index contributed by atoms with van der Waals surface area (Å²) in [5.41, 5.74) is 2.04. The van der Waals surface area contributed by atoms with Crippen molar-refractivity contribution in [3.63, 3.8) is 0 Å². The molecule has 0 aliphatic heterocycles. The third-order valence-corrected chi connectivity index (χ3v) is 4.04. The molecule has 2 nitrogen and oxygen atoms in total. The van der Waals surface area contributed by atoms with Gasteiger partial charge in [0, 0.05) is 18.2 Å². The van der Waals surface area contributed by atoms with Gasteiger partial charge in [-0.25, -0.2) is 0 Å². The molecule has 1 fully saturated rings. The minimum atomic E-state index is 0.216. The summed E-state index contributed by atoms with van der Waals surface area (Å²) >= 11 is 0. The summed E-state index contributed by atoms with van der Waals surface area (Å²) in [5.74, 6) is 0.216. The van der Waals surface area contributed by atoms with E-state index in [1.807, 2.05) is 24.3 Å². The third-order valence-electron chi connectivity index (χ3n) is 4.04. The van der Waals surface area contributed by atoms with Crippen molar-refractivity contribution < 1.29 is 4.79 Å². The zero-order valence-electron chi connectivity index (χ0n) is 12.2. The van der Waals surface area contributed by atoms with Crippen LogP contribution in [0.15, 0.2) is 24.3 Å². The fraction of sp³-hybridized carbons (Fsp3) is 0.588. The van der Waals surface area contributed by atoms with Crippen LogP contribution in [0.3, 0.4) is 0 Å². The molecule has 1 aromatic carbocycles. The van der Waals surface area contributed by atoms with E-state index >= 15 is 0 Å². The van der Waals surface area contributed by atoms with Crippen molar-refractivity contribution in [3.8, 4) is 0 Å². The van der Waals surface area contributed by atoms with E-state index in [2.05, 4.69) is 18.7 Å². The quantitative estimate of drug-likeness (QED) is 0.794. The second kappa shape index (κ2) is 6.74. The van der Waals surface area contributed by atoms with Gasteiger partial charge in [0.1, 0.15) is 0 Å². The van der Waals surface area contributed by atoms with E-state index in [0.717, 1.165) is 18.5 Å². The van der Waals surface area contributed by atoms with Gasteiger partial charge in [-0.2, -0.15) is 0 Å². The molecule has 0 aromatic heterocycles. The normalized spacial score (nSPS) is 16.3. The lowest BCUT2D eigenvalue weighted by Crippen LogP contribution is -2.41. The molecule has 0 N–H and O–H groups in total. The van der Waals surface area contributed by atoms with Crippen LogP contribution in [-0.2, 0) is 0 Å². The van der Waals surface area contributed by atoms with E-state index in [0.29, 0.717) is 6.04 Å². The fourth-order valence-corrected chi connectivity index (χ4v) is 2.95. The Bertz CT molecular complexity index is 404.